The van der Waals surface area contributed by atoms with Gasteiger partial charge < -0.3 is 10.2 Å². The topological polar surface area (TPSA) is 107 Å². The van der Waals surface area contributed by atoms with Crippen molar-refractivity contribution in [2.45, 2.75) is 38.4 Å². The lowest BCUT2D eigenvalue weighted by molar-refractivity contribution is -0.151. The Morgan fingerprint density at radius 2 is 1.88 bits per heavy atom. The standard InChI is InChI=1S/C17H20N2O5/c1-8(2)19-14(21)11-12(15(19)22)17(3,16(23)24)18-13(11)9-6-4-5-7-10(9)20/h4-8,11-13,18,20H,1-3H3,(H,23,24)/t11-,12-,13+,17+/m0/s1. The average molecular weight is 332 g/mol. The van der Waals surface area contributed by atoms with Gasteiger partial charge in [0.05, 0.1) is 11.8 Å². The van der Waals surface area contributed by atoms with Gasteiger partial charge in [-0.25, -0.2) is 0 Å². The number of carbonyl (C=O) groups excluding carboxylic acids is 2. The van der Waals surface area contributed by atoms with Crippen molar-refractivity contribution in [2.24, 2.45) is 11.8 Å². The van der Waals surface area contributed by atoms with Crippen molar-refractivity contribution in [3.63, 3.8) is 0 Å². The van der Waals surface area contributed by atoms with Crippen LogP contribution in [0.4, 0.5) is 0 Å². The van der Waals surface area contributed by atoms with E-state index >= 15 is 0 Å². The van der Waals surface area contributed by atoms with Gasteiger partial charge in [-0.3, -0.25) is 24.6 Å². The second-order valence-electron chi connectivity index (χ2n) is 6.83. The maximum absolute atomic E-state index is 12.8. The van der Waals surface area contributed by atoms with Gasteiger partial charge in [0.1, 0.15) is 11.3 Å². The Hall–Kier alpha value is -2.41. The Morgan fingerprint density at radius 3 is 2.42 bits per heavy atom. The molecule has 0 saturated carbocycles. The first kappa shape index (κ1) is 16.4. The molecule has 2 aliphatic heterocycles. The third kappa shape index (κ3) is 2.04. The molecule has 128 valence electrons. The molecule has 3 N–H and O–H groups in total. The minimum absolute atomic E-state index is 0.0355. The summed E-state index contributed by atoms with van der Waals surface area (Å²) < 4.78 is 0. The van der Waals surface area contributed by atoms with Crippen LogP contribution in [0.1, 0.15) is 32.4 Å². The van der Waals surface area contributed by atoms with E-state index in [4.69, 9.17) is 0 Å². The van der Waals surface area contributed by atoms with Crippen molar-refractivity contribution >= 4 is 17.8 Å². The summed E-state index contributed by atoms with van der Waals surface area (Å²) in [4.78, 5) is 38.6. The molecule has 0 unspecified atom stereocenters. The molecular formula is C17H20N2O5. The highest BCUT2D eigenvalue weighted by Crippen LogP contribution is 2.50. The first-order valence-electron chi connectivity index (χ1n) is 7.86. The van der Waals surface area contributed by atoms with Crippen molar-refractivity contribution in [3.8, 4) is 5.75 Å². The van der Waals surface area contributed by atoms with Gasteiger partial charge in [-0.2, -0.15) is 0 Å². The number of carbonyl (C=O) groups is 3. The molecule has 0 aliphatic carbocycles. The van der Waals surface area contributed by atoms with Gasteiger partial charge >= 0.3 is 5.97 Å². The van der Waals surface area contributed by atoms with Crippen molar-refractivity contribution in [2.75, 3.05) is 0 Å². The summed E-state index contributed by atoms with van der Waals surface area (Å²) in [6.07, 6.45) is 0. The number of carboxylic acid groups (broad SMARTS) is 1. The SMILES string of the molecule is CC(C)N1C(=O)[C@@H]2[C@@H](c3ccccc3O)N[C@@](C)(C(=O)O)[C@@H]2C1=O. The molecule has 1 aromatic carbocycles. The fraction of sp³-hybridized carbons (Fsp3) is 0.471. The Labute approximate surface area is 139 Å². The molecule has 2 amide bonds. The number of likely N-dealkylation sites (tertiary alicyclic amines) is 1. The summed E-state index contributed by atoms with van der Waals surface area (Å²) in [5.41, 5.74) is -1.15. The first-order valence-corrected chi connectivity index (χ1v) is 7.86. The number of imide groups is 1. The Morgan fingerprint density at radius 1 is 1.25 bits per heavy atom. The molecule has 2 aliphatic rings. The van der Waals surface area contributed by atoms with Crippen LogP contribution in [0.25, 0.3) is 0 Å². The van der Waals surface area contributed by atoms with Crippen molar-refractivity contribution in [1.82, 2.24) is 10.2 Å². The predicted molar refractivity (Wildman–Crippen MR) is 84.0 cm³/mol. The largest absolute Gasteiger partial charge is 0.508 e. The van der Waals surface area contributed by atoms with Crippen molar-refractivity contribution in [1.29, 1.82) is 0 Å². The zero-order chi connectivity index (χ0) is 17.8. The minimum Gasteiger partial charge on any atom is -0.508 e. The van der Waals surface area contributed by atoms with E-state index in [9.17, 15) is 24.6 Å². The lowest BCUT2D eigenvalue weighted by Crippen LogP contribution is -2.54. The van der Waals surface area contributed by atoms with Gasteiger partial charge in [0.15, 0.2) is 0 Å². The molecule has 24 heavy (non-hydrogen) atoms. The van der Waals surface area contributed by atoms with Gasteiger partial charge in [0.2, 0.25) is 11.8 Å². The molecule has 7 heteroatoms. The normalized spacial score (nSPS) is 32.5. The summed E-state index contributed by atoms with van der Waals surface area (Å²) in [6.45, 7) is 4.86. The Bertz CT molecular complexity index is 731. The number of rotatable bonds is 3. The van der Waals surface area contributed by atoms with E-state index in [0.717, 1.165) is 4.90 Å². The van der Waals surface area contributed by atoms with E-state index in [2.05, 4.69) is 5.32 Å². The highest BCUT2D eigenvalue weighted by molar-refractivity contribution is 6.09. The molecule has 7 nitrogen and oxygen atoms in total. The van der Waals surface area contributed by atoms with Crippen LogP contribution in [0, 0.1) is 11.8 Å². The number of phenolic OH excluding ortho intramolecular Hbond substituents is 1. The predicted octanol–water partition coefficient (Wildman–Crippen LogP) is 0.889. The number of hydrogen-bond donors (Lipinski definition) is 3. The number of carboxylic acids is 1. The maximum atomic E-state index is 12.8. The Balaban J connectivity index is 2.15. The number of aromatic hydroxyl groups is 1. The monoisotopic (exact) mass is 332 g/mol. The smallest absolute Gasteiger partial charge is 0.324 e. The van der Waals surface area contributed by atoms with Gasteiger partial charge in [0.25, 0.3) is 0 Å². The van der Waals surface area contributed by atoms with Crippen LogP contribution in [-0.2, 0) is 14.4 Å². The minimum atomic E-state index is -1.58. The van der Waals surface area contributed by atoms with E-state index in [1.807, 2.05) is 0 Å². The zero-order valence-corrected chi connectivity index (χ0v) is 13.7. The zero-order valence-electron chi connectivity index (χ0n) is 13.7. The van der Waals surface area contributed by atoms with Gasteiger partial charge in [-0.05, 0) is 26.8 Å². The van der Waals surface area contributed by atoms with Crippen molar-refractivity contribution < 1.29 is 24.6 Å². The first-order chi connectivity index (χ1) is 11.2. The fourth-order valence-electron chi connectivity index (χ4n) is 3.88. The highest BCUT2D eigenvalue weighted by Gasteiger charge is 2.67. The summed E-state index contributed by atoms with van der Waals surface area (Å²) in [5, 5.41) is 22.7. The molecule has 0 bridgehead atoms. The fourth-order valence-corrected chi connectivity index (χ4v) is 3.88. The summed E-state index contributed by atoms with van der Waals surface area (Å²) in [5.74, 6) is -3.96. The second kappa shape index (κ2) is 5.31. The van der Waals surface area contributed by atoms with Crippen LogP contribution in [0.2, 0.25) is 0 Å². The molecule has 0 aromatic heterocycles. The van der Waals surface area contributed by atoms with E-state index in [-0.39, 0.29) is 11.8 Å². The number of para-hydroxylation sites is 1. The van der Waals surface area contributed by atoms with Crippen LogP contribution in [0.5, 0.6) is 5.75 Å². The number of aliphatic carboxylic acids is 1. The lowest BCUT2D eigenvalue weighted by Gasteiger charge is -2.28. The molecule has 2 saturated heterocycles. The molecular weight excluding hydrogens is 312 g/mol. The maximum Gasteiger partial charge on any atom is 0.324 e. The summed E-state index contributed by atoms with van der Waals surface area (Å²) >= 11 is 0. The molecule has 1 aromatic rings. The van der Waals surface area contributed by atoms with Crippen LogP contribution < -0.4 is 5.32 Å². The summed E-state index contributed by atoms with van der Waals surface area (Å²) in [6, 6.07) is 5.36. The van der Waals surface area contributed by atoms with Crippen LogP contribution in [-0.4, -0.2) is 44.5 Å². The van der Waals surface area contributed by atoms with Crippen LogP contribution in [0.3, 0.4) is 0 Å². The number of amides is 2. The van der Waals surface area contributed by atoms with E-state index < -0.39 is 41.2 Å². The van der Waals surface area contributed by atoms with E-state index in [1.54, 1.807) is 32.0 Å². The summed E-state index contributed by atoms with van der Waals surface area (Å²) in [7, 11) is 0. The number of fused-ring (bicyclic) bond motifs is 1. The third-order valence-electron chi connectivity index (χ3n) is 5.05. The molecule has 2 heterocycles. The molecule has 0 radical (unpaired) electrons. The molecule has 2 fully saturated rings. The van der Waals surface area contributed by atoms with Crippen LogP contribution >= 0.6 is 0 Å². The van der Waals surface area contributed by atoms with Gasteiger partial charge in [-0.1, -0.05) is 18.2 Å². The Kier molecular flexibility index (Phi) is 3.64. The number of nitrogens with zero attached hydrogens (tertiary/aromatic N) is 1. The third-order valence-corrected chi connectivity index (χ3v) is 5.05. The number of nitrogens with one attached hydrogen (secondary N) is 1. The molecule has 0 spiro atoms. The van der Waals surface area contributed by atoms with Crippen LogP contribution in [0.15, 0.2) is 24.3 Å². The molecule has 3 rings (SSSR count). The van der Waals surface area contributed by atoms with E-state index in [0.29, 0.717) is 5.56 Å². The quantitative estimate of drug-likeness (QED) is 0.710. The van der Waals surface area contributed by atoms with Crippen molar-refractivity contribution in [3.05, 3.63) is 29.8 Å². The average Bonchev–Trinajstić information content (AvgIpc) is 2.95. The second-order valence-corrected chi connectivity index (χ2v) is 6.83. The van der Waals surface area contributed by atoms with Gasteiger partial charge in [0, 0.05) is 17.6 Å². The number of benzene rings is 1. The highest BCUT2D eigenvalue weighted by atomic mass is 16.4. The van der Waals surface area contributed by atoms with Gasteiger partial charge in [-0.15, -0.1) is 0 Å². The number of phenols is 1. The molecule has 4 atom stereocenters. The lowest BCUT2D eigenvalue weighted by atomic mass is 9.80. The van der Waals surface area contributed by atoms with E-state index in [1.165, 1.54) is 13.0 Å². The number of hydrogen-bond acceptors (Lipinski definition) is 5.